The molecule has 0 saturated heterocycles. The molecule has 1 aliphatic heterocycles. The molecular formula is C20H17ClN4O. The number of hydrogen-bond acceptors (Lipinski definition) is 4. The molecule has 0 unspecified atom stereocenters. The molecule has 1 aliphatic rings. The largest absolute Gasteiger partial charge is 0.332 e. The van der Waals surface area contributed by atoms with Crippen molar-refractivity contribution >= 4 is 17.5 Å². The SMILES string of the molecule is Cc1cccc(C(=O)N2CCc3c(ncnc3-c3ccccn3)C2)c1Cl. The number of carbonyl (C=O) groups is 1. The minimum Gasteiger partial charge on any atom is -0.332 e. The molecule has 5 nitrogen and oxygen atoms in total. The first kappa shape index (κ1) is 16.7. The molecule has 6 heteroatoms. The van der Waals surface area contributed by atoms with Crippen LogP contribution < -0.4 is 0 Å². The van der Waals surface area contributed by atoms with Crippen molar-refractivity contribution in [2.75, 3.05) is 6.54 Å². The molecule has 0 saturated carbocycles. The van der Waals surface area contributed by atoms with Gasteiger partial charge in [-0.1, -0.05) is 29.8 Å². The number of halogens is 1. The van der Waals surface area contributed by atoms with Crippen LogP contribution in [0, 0.1) is 6.92 Å². The summed E-state index contributed by atoms with van der Waals surface area (Å²) in [5.74, 6) is -0.0673. The van der Waals surface area contributed by atoms with Crippen LogP contribution in [0.2, 0.25) is 5.02 Å². The van der Waals surface area contributed by atoms with E-state index >= 15 is 0 Å². The van der Waals surface area contributed by atoms with Gasteiger partial charge in [-0.15, -0.1) is 0 Å². The summed E-state index contributed by atoms with van der Waals surface area (Å²) in [6.45, 7) is 2.95. The third-order valence-corrected chi connectivity index (χ3v) is 5.13. The predicted octanol–water partition coefficient (Wildman–Crippen LogP) is 3.70. The van der Waals surface area contributed by atoms with Crippen LogP contribution in [0.25, 0.3) is 11.4 Å². The number of benzene rings is 1. The molecule has 2 aromatic heterocycles. The fourth-order valence-electron chi connectivity index (χ4n) is 3.23. The molecule has 0 fully saturated rings. The lowest BCUT2D eigenvalue weighted by Crippen LogP contribution is -2.37. The second-order valence-corrected chi connectivity index (χ2v) is 6.65. The van der Waals surface area contributed by atoms with Crippen LogP contribution in [0.5, 0.6) is 0 Å². The molecule has 0 radical (unpaired) electrons. The number of carbonyl (C=O) groups excluding carboxylic acids is 1. The topological polar surface area (TPSA) is 59.0 Å². The van der Waals surface area contributed by atoms with Crippen LogP contribution in [0.4, 0.5) is 0 Å². The van der Waals surface area contributed by atoms with Crippen molar-refractivity contribution < 1.29 is 4.79 Å². The summed E-state index contributed by atoms with van der Waals surface area (Å²) in [5.41, 5.74) is 5.03. The van der Waals surface area contributed by atoms with Gasteiger partial charge in [0.2, 0.25) is 0 Å². The maximum atomic E-state index is 12.9. The average Bonchev–Trinajstić information content (AvgIpc) is 2.69. The summed E-state index contributed by atoms with van der Waals surface area (Å²) >= 11 is 6.33. The lowest BCUT2D eigenvalue weighted by Gasteiger charge is -2.29. The molecule has 130 valence electrons. The number of amides is 1. The van der Waals surface area contributed by atoms with E-state index < -0.39 is 0 Å². The van der Waals surface area contributed by atoms with E-state index in [1.54, 1.807) is 17.2 Å². The Morgan fingerprint density at radius 3 is 2.81 bits per heavy atom. The summed E-state index contributed by atoms with van der Waals surface area (Å²) in [5, 5.41) is 0.514. The van der Waals surface area contributed by atoms with E-state index in [-0.39, 0.29) is 5.91 Å². The highest BCUT2D eigenvalue weighted by atomic mass is 35.5. The number of aryl methyl sites for hydroxylation is 1. The number of aromatic nitrogens is 3. The molecule has 4 rings (SSSR count). The Balaban J connectivity index is 1.65. The maximum absolute atomic E-state index is 12.9. The van der Waals surface area contributed by atoms with E-state index in [4.69, 9.17) is 11.6 Å². The Labute approximate surface area is 156 Å². The Hall–Kier alpha value is -2.79. The van der Waals surface area contributed by atoms with Crippen molar-refractivity contribution in [1.29, 1.82) is 0 Å². The summed E-state index contributed by atoms with van der Waals surface area (Å²) in [6, 6.07) is 11.3. The van der Waals surface area contributed by atoms with Gasteiger partial charge in [0.05, 0.1) is 34.2 Å². The molecule has 3 heterocycles. The minimum absolute atomic E-state index is 0.0673. The summed E-state index contributed by atoms with van der Waals surface area (Å²) in [4.78, 5) is 27.9. The van der Waals surface area contributed by atoms with Crippen LogP contribution >= 0.6 is 11.6 Å². The normalized spacial score (nSPS) is 13.4. The first-order valence-electron chi connectivity index (χ1n) is 8.43. The fourth-order valence-corrected chi connectivity index (χ4v) is 3.44. The Bertz CT molecular complexity index is 975. The van der Waals surface area contributed by atoms with E-state index in [9.17, 15) is 4.79 Å². The van der Waals surface area contributed by atoms with Crippen molar-refractivity contribution in [2.45, 2.75) is 19.9 Å². The third-order valence-electron chi connectivity index (χ3n) is 4.62. The van der Waals surface area contributed by atoms with E-state index in [0.717, 1.165) is 28.2 Å². The lowest BCUT2D eigenvalue weighted by molar-refractivity contribution is 0.0732. The predicted molar refractivity (Wildman–Crippen MR) is 99.9 cm³/mol. The molecule has 26 heavy (non-hydrogen) atoms. The van der Waals surface area contributed by atoms with Crippen molar-refractivity contribution in [3.05, 3.63) is 76.3 Å². The average molecular weight is 365 g/mol. The molecule has 1 amide bonds. The highest BCUT2D eigenvalue weighted by molar-refractivity contribution is 6.34. The number of pyridine rings is 1. The van der Waals surface area contributed by atoms with Gasteiger partial charge in [-0.25, -0.2) is 9.97 Å². The summed E-state index contributed by atoms with van der Waals surface area (Å²) in [7, 11) is 0. The van der Waals surface area contributed by atoms with Crippen molar-refractivity contribution in [1.82, 2.24) is 19.9 Å². The van der Waals surface area contributed by atoms with Gasteiger partial charge in [0.25, 0.3) is 5.91 Å². The van der Waals surface area contributed by atoms with Gasteiger partial charge in [0, 0.05) is 18.3 Å². The van der Waals surface area contributed by atoms with Crippen LogP contribution in [0.3, 0.4) is 0 Å². The fraction of sp³-hybridized carbons (Fsp3) is 0.200. The van der Waals surface area contributed by atoms with Gasteiger partial charge < -0.3 is 4.90 Å². The van der Waals surface area contributed by atoms with Gasteiger partial charge in [-0.2, -0.15) is 0 Å². The van der Waals surface area contributed by atoms with Crippen molar-refractivity contribution in [3.8, 4) is 11.4 Å². The zero-order chi connectivity index (χ0) is 18.1. The minimum atomic E-state index is -0.0673. The van der Waals surface area contributed by atoms with Gasteiger partial charge in [0.15, 0.2) is 0 Å². The Kier molecular flexibility index (Phi) is 4.39. The Morgan fingerprint density at radius 2 is 2.00 bits per heavy atom. The number of fused-ring (bicyclic) bond motifs is 1. The van der Waals surface area contributed by atoms with Gasteiger partial charge >= 0.3 is 0 Å². The van der Waals surface area contributed by atoms with Crippen LogP contribution in [-0.2, 0) is 13.0 Å². The molecule has 0 atom stereocenters. The molecule has 0 N–H and O–H groups in total. The van der Waals surface area contributed by atoms with E-state index in [1.807, 2.05) is 37.3 Å². The maximum Gasteiger partial charge on any atom is 0.255 e. The van der Waals surface area contributed by atoms with Gasteiger partial charge in [-0.3, -0.25) is 9.78 Å². The molecule has 0 spiro atoms. The van der Waals surface area contributed by atoms with Crippen molar-refractivity contribution in [3.63, 3.8) is 0 Å². The zero-order valence-corrected chi connectivity index (χ0v) is 15.1. The van der Waals surface area contributed by atoms with Crippen molar-refractivity contribution in [2.24, 2.45) is 0 Å². The van der Waals surface area contributed by atoms with Crippen LogP contribution in [0.1, 0.15) is 27.2 Å². The van der Waals surface area contributed by atoms with Gasteiger partial charge in [0.1, 0.15) is 6.33 Å². The summed E-state index contributed by atoms with van der Waals surface area (Å²) < 4.78 is 0. The number of nitrogens with zero attached hydrogens (tertiary/aromatic N) is 4. The second kappa shape index (κ2) is 6.84. The third kappa shape index (κ3) is 2.95. The monoisotopic (exact) mass is 364 g/mol. The Morgan fingerprint density at radius 1 is 1.12 bits per heavy atom. The van der Waals surface area contributed by atoms with Crippen LogP contribution in [0.15, 0.2) is 48.9 Å². The number of rotatable bonds is 2. The summed E-state index contributed by atoms with van der Waals surface area (Å²) in [6.07, 6.45) is 3.98. The molecular weight excluding hydrogens is 348 g/mol. The van der Waals surface area contributed by atoms with E-state index in [1.165, 1.54) is 6.33 Å². The number of hydrogen-bond donors (Lipinski definition) is 0. The quantitative estimate of drug-likeness (QED) is 0.695. The van der Waals surface area contributed by atoms with Crippen LogP contribution in [-0.4, -0.2) is 32.3 Å². The second-order valence-electron chi connectivity index (χ2n) is 6.28. The molecule has 0 aliphatic carbocycles. The van der Waals surface area contributed by atoms with E-state index in [2.05, 4.69) is 15.0 Å². The first-order chi connectivity index (χ1) is 12.6. The standard InChI is InChI=1S/C20H17ClN4O/c1-13-5-4-6-15(18(13)21)20(26)25-10-8-14-17(11-25)23-12-24-19(14)16-7-2-3-9-22-16/h2-7,9,12H,8,10-11H2,1H3. The van der Waals surface area contributed by atoms with Gasteiger partial charge in [-0.05, 0) is 37.1 Å². The molecule has 3 aromatic rings. The van der Waals surface area contributed by atoms with E-state index in [0.29, 0.717) is 30.1 Å². The zero-order valence-electron chi connectivity index (χ0n) is 14.3. The lowest BCUT2D eigenvalue weighted by atomic mass is 10.00. The highest BCUT2D eigenvalue weighted by Gasteiger charge is 2.26. The smallest absolute Gasteiger partial charge is 0.255 e. The molecule has 0 bridgehead atoms. The first-order valence-corrected chi connectivity index (χ1v) is 8.81. The highest BCUT2D eigenvalue weighted by Crippen LogP contribution is 2.28. The molecule has 1 aromatic carbocycles.